The van der Waals surface area contributed by atoms with Crippen LogP contribution in [0.15, 0.2) is 34.2 Å². The topological polar surface area (TPSA) is 134 Å². The highest BCUT2D eigenvalue weighted by Gasteiger charge is 2.34. The molecule has 1 atom stereocenters. The quantitative estimate of drug-likeness (QED) is 0.467. The molecule has 0 bridgehead atoms. The van der Waals surface area contributed by atoms with Crippen molar-refractivity contribution in [1.29, 1.82) is 0 Å². The Hall–Kier alpha value is -3.34. The third-order valence-corrected chi connectivity index (χ3v) is 4.66. The average molecular weight is 389 g/mol. The van der Waals surface area contributed by atoms with Crippen LogP contribution in [0.2, 0.25) is 0 Å². The van der Waals surface area contributed by atoms with Crippen molar-refractivity contribution < 1.29 is 14.8 Å². The van der Waals surface area contributed by atoms with Crippen molar-refractivity contribution in [1.82, 2.24) is 14.6 Å². The number of benzene rings is 1. The monoisotopic (exact) mass is 389 g/mol. The van der Waals surface area contributed by atoms with E-state index in [1.165, 1.54) is 36.7 Å². The number of non-ortho nitro benzene ring substituents is 1. The molecular formula is C16H15N5O5S. The zero-order valence-corrected chi connectivity index (χ0v) is 15.2. The van der Waals surface area contributed by atoms with Crippen LogP contribution < -0.4 is 5.56 Å². The molecule has 27 heavy (non-hydrogen) atoms. The highest BCUT2D eigenvalue weighted by Crippen LogP contribution is 2.34. The SMILES string of the molecule is CC(=O)N1N=C(c2c(O)n(C)c(=S)[nH]c2=O)CC1c1cccc([N+](=O)[O-])c1. The summed E-state index contributed by atoms with van der Waals surface area (Å²) in [6.07, 6.45) is 0.105. The van der Waals surface area contributed by atoms with E-state index in [1.54, 1.807) is 6.07 Å². The van der Waals surface area contributed by atoms with Gasteiger partial charge in [0.05, 0.1) is 16.7 Å². The van der Waals surface area contributed by atoms with Crippen LogP contribution in [0, 0.1) is 14.9 Å². The normalized spacial score (nSPS) is 16.3. The minimum atomic E-state index is -0.635. The Morgan fingerprint density at radius 2 is 2.19 bits per heavy atom. The third kappa shape index (κ3) is 3.24. The molecule has 10 nitrogen and oxygen atoms in total. The molecule has 2 heterocycles. The molecule has 2 N–H and O–H groups in total. The van der Waals surface area contributed by atoms with Gasteiger partial charge >= 0.3 is 0 Å². The van der Waals surface area contributed by atoms with Crippen molar-refractivity contribution in [2.75, 3.05) is 0 Å². The van der Waals surface area contributed by atoms with Crippen LogP contribution in [0.3, 0.4) is 0 Å². The zero-order valence-electron chi connectivity index (χ0n) is 14.4. The molecule has 0 saturated heterocycles. The van der Waals surface area contributed by atoms with Gasteiger partial charge in [-0.3, -0.25) is 29.3 Å². The number of carbonyl (C=O) groups is 1. The summed E-state index contributed by atoms with van der Waals surface area (Å²) in [6.45, 7) is 1.30. The number of hydrogen-bond acceptors (Lipinski definition) is 7. The van der Waals surface area contributed by atoms with Crippen LogP contribution in [-0.4, -0.2) is 36.2 Å². The highest BCUT2D eigenvalue weighted by molar-refractivity contribution is 7.71. The van der Waals surface area contributed by atoms with Crippen LogP contribution in [0.25, 0.3) is 0 Å². The first-order valence-electron chi connectivity index (χ1n) is 7.85. The number of aromatic nitrogens is 2. The molecule has 1 aromatic heterocycles. The minimum Gasteiger partial charge on any atom is -0.494 e. The van der Waals surface area contributed by atoms with Crippen LogP contribution in [0.1, 0.15) is 30.5 Å². The van der Waals surface area contributed by atoms with E-state index in [4.69, 9.17) is 12.2 Å². The minimum absolute atomic E-state index is 0.0403. The van der Waals surface area contributed by atoms with Crippen molar-refractivity contribution in [2.45, 2.75) is 19.4 Å². The Bertz CT molecular complexity index is 1100. The molecule has 0 saturated carbocycles. The van der Waals surface area contributed by atoms with E-state index in [2.05, 4.69) is 10.1 Å². The smallest absolute Gasteiger partial charge is 0.269 e. The average Bonchev–Trinajstić information content (AvgIpc) is 3.05. The third-order valence-electron chi connectivity index (χ3n) is 4.28. The summed E-state index contributed by atoms with van der Waals surface area (Å²) in [7, 11) is 1.48. The summed E-state index contributed by atoms with van der Waals surface area (Å²) in [4.78, 5) is 37.3. The molecule has 0 fully saturated rings. The molecular weight excluding hydrogens is 374 g/mol. The number of nitro benzene ring substituents is 1. The second-order valence-electron chi connectivity index (χ2n) is 6.00. The van der Waals surface area contributed by atoms with E-state index in [0.29, 0.717) is 5.56 Å². The Morgan fingerprint density at radius 3 is 2.81 bits per heavy atom. The van der Waals surface area contributed by atoms with Crippen molar-refractivity contribution in [3.63, 3.8) is 0 Å². The molecule has 0 radical (unpaired) electrons. The summed E-state index contributed by atoms with van der Waals surface area (Å²) >= 11 is 4.94. The van der Waals surface area contributed by atoms with E-state index in [0.717, 1.165) is 5.01 Å². The predicted molar refractivity (Wildman–Crippen MR) is 98.0 cm³/mol. The van der Waals surface area contributed by atoms with Gasteiger partial charge in [0.1, 0.15) is 5.56 Å². The predicted octanol–water partition coefficient (Wildman–Crippen LogP) is 1.75. The van der Waals surface area contributed by atoms with Crippen LogP contribution >= 0.6 is 12.2 Å². The molecule has 3 rings (SSSR count). The number of nitrogens with zero attached hydrogens (tertiary/aromatic N) is 4. The number of carbonyl (C=O) groups excluding carboxylic acids is 1. The molecule has 1 aromatic carbocycles. The lowest BCUT2D eigenvalue weighted by atomic mass is 9.99. The van der Waals surface area contributed by atoms with Crippen LogP contribution in [0.4, 0.5) is 5.69 Å². The second-order valence-corrected chi connectivity index (χ2v) is 6.39. The molecule has 140 valence electrons. The molecule has 1 amide bonds. The van der Waals surface area contributed by atoms with Gasteiger partial charge in [0.15, 0.2) is 4.77 Å². The Kier molecular flexibility index (Phi) is 4.62. The summed E-state index contributed by atoms with van der Waals surface area (Å²) in [5, 5.41) is 26.7. The fourth-order valence-electron chi connectivity index (χ4n) is 2.93. The van der Waals surface area contributed by atoms with E-state index in [-0.39, 0.29) is 34.0 Å². The number of amides is 1. The molecule has 2 aromatic rings. The van der Waals surface area contributed by atoms with Crippen molar-refractivity contribution in [3.05, 3.63) is 60.6 Å². The lowest BCUT2D eigenvalue weighted by Crippen LogP contribution is -2.24. The number of hydrogen-bond donors (Lipinski definition) is 2. The number of nitrogens with one attached hydrogen (secondary N) is 1. The summed E-state index contributed by atoms with van der Waals surface area (Å²) < 4.78 is 1.26. The van der Waals surface area contributed by atoms with Crippen molar-refractivity contribution in [3.8, 4) is 5.88 Å². The maximum atomic E-state index is 12.3. The standard InChI is InChI=1S/C16H15N5O5S/c1-8(22)20-12(9-4-3-5-10(6-9)21(25)26)7-11(18-20)13-14(23)17-16(27)19(2)15(13)24/h3-6,12,24H,7H2,1-2H3,(H,17,23,27). The van der Waals surface area contributed by atoms with Gasteiger partial charge in [0.25, 0.3) is 11.2 Å². The Balaban J connectivity index is 2.09. The van der Waals surface area contributed by atoms with Gasteiger partial charge in [-0.25, -0.2) is 5.01 Å². The summed E-state index contributed by atoms with van der Waals surface area (Å²) in [5.74, 6) is -0.771. The van der Waals surface area contributed by atoms with Gasteiger partial charge in [0, 0.05) is 32.5 Å². The van der Waals surface area contributed by atoms with Gasteiger partial charge in [-0.1, -0.05) is 12.1 Å². The first-order valence-corrected chi connectivity index (χ1v) is 8.25. The number of rotatable bonds is 3. The molecule has 0 spiro atoms. The van der Waals surface area contributed by atoms with Gasteiger partial charge in [-0.2, -0.15) is 5.10 Å². The largest absolute Gasteiger partial charge is 0.494 e. The van der Waals surface area contributed by atoms with E-state index < -0.39 is 22.4 Å². The second kappa shape index (κ2) is 6.76. The lowest BCUT2D eigenvalue weighted by molar-refractivity contribution is -0.384. The van der Waals surface area contributed by atoms with Gasteiger partial charge in [-0.05, 0) is 17.8 Å². The lowest BCUT2D eigenvalue weighted by Gasteiger charge is -2.20. The van der Waals surface area contributed by atoms with E-state index >= 15 is 0 Å². The van der Waals surface area contributed by atoms with E-state index in [9.17, 15) is 24.8 Å². The first kappa shape index (κ1) is 18.5. The van der Waals surface area contributed by atoms with Crippen molar-refractivity contribution >= 4 is 29.5 Å². The first-order chi connectivity index (χ1) is 12.7. The number of nitro groups is 1. The fraction of sp³-hybridized carbons (Fsp3) is 0.250. The van der Waals surface area contributed by atoms with Crippen LogP contribution in [-0.2, 0) is 11.8 Å². The Morgan fingerprint density at radius 1 is 1.48 bits per heavy atom. The maximum Gasteiger partial charge on any atom is 0.269 e. The van der Waals surface area contributed by atoms with Gasteiger partial charge in [0.2, 0.25) is 11.8 Å². The number of aromatic amines is 1. The van der Waals surface area contributed by atoms with Gasteiger partial charge < -0.3 is 5.11 Å². The Labute approximate surface area is 157 Å². The molecule has 1 aliphatic heterocycles. The van der Waals surface area contributed by atoms with Crippen LogP contribution in [0.5, 0.6) is 5.88 Å². The molecule has 1 aliphatic rings. The van der Waals surface area contributed by atoms with Gasteiger partial charge in [-0.15, -0.1) is 0 Å². The van der Waals surface area contributed by atoms with E-state index in [1.807, 2.05) is 0 Å². The molecule has 0 aliphatic carbocycles. The fourth-order valence-corrected chi connectivity index (χ4v) is 3.10. The summed E-state index contributed by atoms with van der Waals surface area (Å²) in [5.41, 5.74) is -0.153. The number of H-pyrrole nitrogens is 1. The summed E-state index contributed by atoms with van der Waals surface area (Å²) in [6, 6.07) is 5.22. The number of aromatic hydroxyl groups is 1. The molecule has 1 unspecified atom stereocenters. The highest BCUT2D eigenvalue weighted by atomic mass is 32.1. The molecule has 11 heteroatoms. The zero-order chi connectivity index (χ0) is 19.9. The van der Waals surface area contributed by atoms with Crippen molar-refractivity contribution in [2.24, 2.45) is 12.1 Å². The maximum absolute atomic E-state index is 12.3. The number of hydrazone groups is 1.